The van der Waals surface area contributed by atoms with Gasteiger partial charge in [0.2, 0.25) is 5.88 Å². The van der Waals surface area contributed by atoms with E-state index in [1.807, 2.05) is 18.4 Å². The van der Waals surface area contributed by atoms with Crippen molar-refractivity contribution in [1.82, 2.24) is 9.97 Å². The first kappa shape index (κ1) is 11.7. The molecular weight excluding hydrogens is 236 g/mol. The quantitative estimate of drug-likeness (QED) is 0.850. The maximum atomic E-state index is 5.74. The van der Waals surface area contributed by atoms with Gasteiger partial charge < -0.3 is 15.8 Å². The monoisotopic (exact) mass is 250 g/mol. The second-order valence-electron chi connectivity index (χ2n) is 3.36. The fourth-order valence-corrected chi connectivity index (χ4v) is 1.87. The van der Waals surface area contributed by atoms with Crippen LogP contribution in [0.4, 0.5) is 11.5 Å². The molecule has 2 heterocycles. The van der Waals surface area contributed by atoms with E-state index in [4.69, 9.17) is 10.5 Å². The Morgan fingerprint density at radius 2 is 2.35 bits per heavy atom. The van der Waals surface area contributed by atoms with Crippen LogP contribution in [0.1, 0.15) is 12.6 Å². The number of pyridine rings is 1. The average molecular weight is 250 g/mol. The number of nitrogen functional groups attached to an aromatic ring is 1. The fourth-order valence-electron chi connectivity index (χ4n) is 1.31. The number of ether oxygens (including phenoxy) is 1. The van der Waals surface area contributed by atoms with E-state index >= 15 is 0 Å². The van der Waals surface area contributed by atoms with E-state index in [-0.39, 0.29) is 0 Å². The lowest BCUT2D eigenvalue weighted by Gasteiger charge is -2.08. The molecule has 0 bridgehead atoms. The lowest BCUT2D eigenvalue weighted by atomic mass is 10.4. The number of thiazole rings is 1. The zero-order chi connectivity index (χ0) is 12.1. The van der Waals surface area contributed by atoms with Crippen LogP contribution in [0.2, 0.25) is 0 Å². The average Bonchev–Trinajstić information content (AvgIpc) is 2.83. The van der Waals surface area contributed by atoms with Crippen LogP contribution in [0, 0.1) is 0 Å². The first-order valence-corrected chi connectivity index (χ1v) is 6.24. The minimum absolute atomic E-state index is 0.468. The number of rotatable bonds is 5. The molecule has 5 nitrogen and oxygen atoms in total. The number of aromatic nitrogens is 2. The van der Waals surface area contributed by atoms with Crippen molar-refractivity contribution in [2.75, 3.05) is 17.7 Å². The standard InChI is InChI=1S/C11H14N4OS/c1-2-16-11-9(12)3-4-10(15-11)13-5-8-6-17-7-14-8/h3-4,6-7H,2,5,12H2,1H3,(H,13,15). The summed E-state index contributed by atoms with van der Waals surface area (Å²) in [6.07, 6.45) is 0. The van der Waals surface area contributed by atoms with E-state index in [0.717, 1.165) is 11.5 Å². The van der Waals surface area contributed by atoms with Crippen molar-refractivity contribution < 1.29 is 4.74 Å². The van der Waals surface area contributed by atoms with Crippen LogP contribution >= 0.6 is 11.3 Å². The number of anilines is 2. The molecule has 0 saturated carbocycles. The van der Waals surface area contributed by atoms with Gasteiger partial charge in [-0.25, -0.2) is 4.98 Å². The Hall–Kier alpha value is -1.82. The first-order chi connectivity index (χ1) is 8.29. The maximum absolute atomic E-state index is 5.74. The first-order valence-electron chi connectivity index (χ1n) is 5.30. The Balaban J connectivity index is 2.03. The molecule has 6 heteroatoms. The van der Waals surface area contributed by atoms with Crippen LogP contribution in [0.3, 0.4) is 0 Å². The van der Waals surface area contributed by atoms with Gasteiger partial charge in [0.25, 0.3) is 0 Å². The summed E-state index contributed by atoms with van der Waals surface area (Å²) in [4.78, 5) is 8.46. The third-order valence-electron chi connectivity index (χ3n) is 2.10. The Morgan fingerprint density at radius 3 is 3.06 bits per heavy atom. The number of nitrogens with two attached hydrogens (primary N) is 1. The molecule has 17 heavy (non-hydrogen) atoms. The van der Waals surface area contributed by atoms with Gasteiger partial charge in [-0.2, -0.15) is 4.98 Å². The largest absolute Gasteiger partial charge is 0.476 e. The molecule has 90 valence electrons. The topological polar surface area (TPSA) is 73.1 Å². The smallest absolute Gasteiger partial charge is 0.239 e. The Morgan fingerprint density at radius 1 is 1.47 bits per heavy atom. The second-order valence-corrected chi connectivity index (χ2v) is 4.08. The van der Waals surface area contributed by atoms with E-state index in [2.05, 4.69) is 15.3 Å². The van der Waals surface area contributed by atoms with Crippen molar-refractivity contribution >= 4 is 22.8 Å². The zero-order valence-electron chi connectivity index (χ0n) is 9.51. The molecule has 0 saturated heterocycles. The highest BCUT2D eigenvalue weighted by atomic mass is 32.1. The third kappa shape index (κ3) is 3.07. The highest BCUT2D eigenvalue weighted by Crippen LogP contribution is 2.21. The van der Waals surface area contributed by atoms with Crippen molar-refractivity contribution in [3.05, 3.63) is 28.7 Å². The van der Waals surface area contributed by atoms with E-state index < -0.39 is 0 Å². The molecule has 0 aromatic carbocycles. The molecule has 0 aliphatic carbocycles. The Kier molecular flexibility index (Phi) is 3.77. The lowest BCUT2D eigenvalue weighted by molar-refractivity contribution is 0.329. The molecular formula is C11H14N4OS. The highest BCUT2D eigenvalue weighted by Gasteiger charge is 2.03. The molecule has 2 aromatic heterocycles. The predicted octanol–water partition coefficient (Wildman–Crippen LogP) is 2.13. The van der Waals surface area contributed by atoms with Gasteiger partial charge in [0.05, 0.1) is 30.0 Å². The van der Waals surface area contributed by atoms with Crippen molar-refractivity contribution in [2.45, 2.75) is 13.5 Å². The molecule has 0 unspecified atom stereocenters. The SMILES string of the molecule is CCOc1nc(NCc2cscn2)ccc1N. The minimum atomic E-state index is 0.468. The van der Waals surface area contributed by atoms with Gasteiger partial charge in [0, 0.05) is 5.38 Å². The molecule has 0 aliphatic heterocycles. The third-order valence-corrected chi connectivity index (χ3v) is 2.74. The van der Waals surface area contributed by atoms with Crippen LogP contribution in [-0.2, 0) is 6.54 Å². The van der Waals surface area contributed by atoms with Gasteiger partial charge >= 0.3 is 0 Å². The van der Waals surface area contributed by atoms with Gasteiger partial charge in [0.1, 0.15) is 5.82 Å². The van der Waals surface area contributed by atoms with E-state index in [0.29, 0.717) is 24.7 Å². The Labute approximate surface area is 104 Å². The van der Waals surface area contributed by atoms with Crippen LogP contribution in [-0.4, -0.2) is 16.6 Å². The molecule has 2 aromatic rings. The predicted molar refractivity (Wildman–Crippen MR) is 69.3 cm³/mol. The molecule has 0 atom stereocenters. The normalized spacial score (nSPS) is 10.2. The maximum Gasteiger partial charge on any atom is 0.239 e. The molecule has 0 aliphatic rings. The summed E-state index contributed by atoms with van der Waals surface area (Å²) >= 11 is 1.57. The van der Waals surface area contributed by atoms with E-state index in [1.165, 1.54) is 0 Å². The van der Waals surface area contributed by atoms with Crippen molar-refractivity contribution in [3.8, 4) is 5.88 Å². The van der Waals surface area contributed by atoms with Gasteiger partial charge in [-0.15, -0.1) is 11.3 Å². The summed E-state index contributed by atoms with van der Waals surface area (Å²) < 4.78 is 5.32. The number of nitrogens with one attached hydrogen (secondary N) is 1. The van der Waals surface area contributed by atoms with Crippen molar-refractivity contribution in [1.29, 1.82) is 0 Å². The van der Waals surface area contributed by atoms with Crippen LogP contribution in [0.15, 0.2) is 23.0 Å². The molecule has 2 rings (SSSR count). The molecule has 0 radical (unpaired) electrons. The zero-order valence-corrected chi connectivity index (χ0v) is 10.3. The van der Waals surface area contributed by atoms with Crippen LogP contribution < -0.4 is 15.8 Å². The van der Waals surface area contributed by atoms with Crippen molar-refractivity contribution in [3.63, 3.8) is 0 Å². The van der Waals surface area contributed by atoms with Crippen LogP contribution in [0.5, 0.6) is 5.88 Å². The molecule has 0 fully saturated rings. The number of hydrogen-bond donors (Lipinski definition) is 2. The second kappa shape index (κ2) is 5.49. The van der Waals surface area contributed by atoms with E-state index in [9.17, 15) is 0 Å². The summed E-state index contributed by atoms with van der Waals surface area (Å²) in [5.74, 6) is 1.20. The lowest BCUT2D eigenvalue weighted by Crippen LogP contribution is -2.05. The van der Waals surface area contributed by atoms with Gasteiger partial charge in [-0.05, 0) is 19.1 Å². The summed E-state index contributed by atoms with van der Waals surface area (Å²) in [6, 6.07) is 3.60. The number of hydrogen-bond acceptors (Lipinski definition) is 6. The molecule has 0 amide bonds. The summed E-state index contributed by atoms with van der Waals surface area (Å²) in [5, 5.41) is 5.16. The number of nitrogens with zero attached hydrogens (tertiary/aromatic N) is 2. The van der Waals surface area contributed by atoms with Crippen molar-refractivity contribution in [2.24, 2.45) is 0 Å². The summed E-state index contributed by atoms with van der Waals surface area (Å²) in [6.45, 7) is 3.09. The van der Waals surface area contributed by atoms with E-state index in [1.54, 1.807) is 22.9 Å². The van der Waals surface area contributed by atoms with Gasteiger partial charge in [-0.1, -0.05) is 0 Å². The summed E-state index contributed by atoms with van der Waals surface area (Å²) in [5.41, 5.74) is 9.08. The summed E-state index contributed by atoms with van der Waals surface area (Å²) in [7, 11) is 0. The van der Waals surface area contributed by atoms with Crippen LogP contribution in [0.25, 0.3) is 0 Å². The highest BCUT2D eigenvalue weighted by molar-refractivity contribution is 7.07. The van der Waals surface area contributed by atoms with Gasteiger partial charge in [-0.3, -0.25) is 0 Å². The minimum Gasteiger partial charge on any atom is -0.476 e. The fraction of sp³-hybridized carbons (Fsp3) is 0.273. The van der Waals surface area contributed by atoms with Gasteiger partial charge in [0.15, 0.2) is 0 Å². The molecule has 3 N–H and O–H groups in total. The Bertz CT molecular complexity index is 472. The molecule has 0 spiro atoms.